The zero-order valence-corrected chi connectivity index (χ0v) is 14.6. The predicted octanol–water partition coefficient (Wildman–Crippen LogP) is 3.01. The summed E-state index contributed by atoms with van der Waals surface area (Å²) < 4.78 is 6.53. The second kappa shape index (κ2) is 6.61. The van der Waals surface area contributed by atoms with E-state index in [0.29, 0.717) is 0 Å². The van der Waals surface area contributed by atoms with Crippen molar-refractivity contribution in [3.8, 4) is 17.9 Å². The molecule has 0 amide bonds. The van der Waals surface area contributed by atoms with Crippen molar-refractivity contribution in [3.05, 3.63) is 46.8 Å². The molecule has 0 N–H and O–H groups in total. The van der Waals surface area contributed by atoms with Crippen molar-refractivity contribution in [2.45, 2.75) is 13.1 Å². The number of hydrogen-bond acceptors (Lipinski definition) is 4. The molecule has 0 aliphatic rings. The zero-order chi connectivity index (χ0) is 16.2. The summed E-state index contributed by atoms with van der Waals surface area (Å²) in [6.45, 7) is 4.59. The third-order valence-electron chi connectivity index (χ3n) is 3.58. The van der Waals surface area contributed by atoms with Crippen LogP contribution in [-0.2, 0) is 0 Å². The Labute approximate surface area is 135 Å². The predicted molar refractivity (Wildman–Crippen MR) is 93.3 cm³/mol. The number of ether oxygens (including phenoxy) is 1. The van der Waals surface area contributed by atoms with Crippen LogP contribution in [0.15, 0.2) is 42.0 Å². The number of allylic oxidation sites excluding steroid dienone is 1. The molecule has 110 valence electrons. The van der Waals surface area contributed by atoms with Crippen LogP contribution in [0, 0.1) is 22.7 Å². The summed E-state index contributed by atoms with van der Waals surface area (Å²) in [5, 5.41) is 19.0. The van der Waals surface area contributed by atoms with E-state index in [-0.39, 0.29) is 5.57 Å². The van der Waals surface area contributed by atoms with Crippen molar-refractivity contribution >= 4 is 35.2 Å². The molecule has 0 unspecified atom stereocenters. The van der Waals surface area contributed by atoms with E-state index in [9.17, 15) is 0 Å². The Hall–Kier alpha value is -2.34. The van der Waals surface area contributed by atoms with Crippen molar-refractivity contribution in [3.63, 3.8) is 0 Å². The first-order valence-electron chi connectivity index (χ1n) is 6.78. The standard InChI is InChI=1S/C17H16N2OSSi/c1-20-14-4-7-16(8-5-14)22(2,3)17-9-6-15(21-17)10-13(11-18)12-19/h4-10H,1-3H3. The lowest BCUT2D eigenvalue weighted by Gasteiger charge is -2.21. The maximum atomic E-state index is 8.84. The fraction of sp³-hybridized carbons (Fsp3) is 0.176. The molecule has 0 aliphatic heterocycles. The summed E-state index contributed by atoms with van der Waals surface area (Å²) in [6.07, 6.45) is 1.65. The highest BCUT2D eigenvalue weighted by atomic mass is 32.1. The summed E-state index contributed by atoms with van der Waals surface area (Å²) in [5.74, 6) is 0.857. The van der Waals surface area contributed by atoms with E-state index in [1.807, 2.05) is 30.3 Å². The fourth-order valence-corrected chi connectivity index (χ4v) is 6.36. The van der Waals surface area contributed by atoms with E-state index in [2.05, 4.69) is 31.3 Å². The third kappa shape index (κ3) is 3.28. The molecule has 22 heavy (non-hydrogen) atoms. The number of methoxy groups -OCH3 is 1. The lowest BCUT2D eigenvalue weighted by molar-refractivity contribution is 0.415. The number of hydrogen-bond donors (Lipinski definition) is 0. The molecule has 2 aromatic rings. The first-order valence-corrected chi connectivity index (χ1v) is 10.6. The van der Waals surface area contributed by atoms with Crippen LogP contribution < -0.4 is 14.4 Å². The third-order valence-corrected chi connectivity index (χ3v) is 9.44. The molecule has 1 aromatic heterocycles. The van der Waals surface area contributed by atoms with E-state index >= 15 is 0 Å². The SMILES string of the molecule is COc1ccc([Si](C)(C)c2ccc(C=C(C#N)C#N)s2)cc1. The highest BCUT2D eigenvalue weighted by Crippen LogP contribution is 2.17. The van der Waals surface area contributed by atoms with E-state index in [1.165, 1.54) is 9.69 Å². The van der Waals surface area contributed by atoms with Crippen LogP contribution in [-0.4, -0.2) is 15.2 Å². The van der Waals surface area contributed by atoms with Crippen molar-refractivity contribution in [1.82, 2.24) is 0 Å². The van der Waals surface area contributed by atoms with Gasteiger partial charge >= 0.3 is 0 Å². The molecule has 0 saturated heterocycles. The average molecular weight is 324 g/mol. The quantitative estimate of drug-likeness (QED) is 0.641. The van der Waals surface area contributed by atoms with Crippen LogP contribution in [0.1, 0.15) is 4.88 Å². The van der Waals surface area contributed by atoms with Gasteiger partial charge in [-0.15, -0.1) is 11.3 Å². The van der Waals surface area contributed by atoms with Crippen molar-refractivity contribution in [2.24, 2.45) is 0 Å². The number of benzene rings is 1. The van der Waals surface area contributed by atoms with Crippen molar-refractivity contribution in [2.75, 3.05) is 7.11 Å². The van der Waals surface area contributed by atoms with Gasteiger partial charge in [0.2, 0.25) is 0 Å². The molecule has 0 bridgehead atoms. The maximum absolute atomic E-state index is 8.84. The number of nitriles is 2. The van der Waals surface area contributed by atoms with Gasteiger partial charge < -0.3 is 4.74 Å². The van der Waals surface area contributed by atoms with E-state index in [1.54, 1.807) is 24.5 Å². The Morgan fingerprint density at radius 1 is 1.09 bits per heavy atom. The van der Waals surface area contributed by atoms with Gasteiger partial charge in [0, 0.05) is 4.88 Å². The second-order valence-electron chi connectivity index (χ2n) is 5.34. The topological polar surface area (TPSA) is 56.8 Å². The molecule has 0 spiro atoms. The molecule has 1 aromatic carbocycles. The van der Waals surface area contributed by atoms with Crippen LogP contribution >= 0.6 is 11.3 Å². The fourth-order valence-electron chi connectivity index (χ4n) is 2.15. The van der Waals surface area contributed by atoms with Crippen LogP contribution in [0.4, 0.5) is 0 Å². The Morgan fingerprint density at radius 2 is 1.73 bits per heavy atom. The van der Waals surface area contributed by atoms with Crippen LogP contribution in [0.2, 0.25) is 13.1 Å². The Bertz CT molecular complexity index is 760. The monoisotopic (exact) mass is 324 g/mol. The van der Waals surface area contributed by atoms with Crippen LogP contribution in [0.3, 0.4) is 0 Å². The van der Waals surface area contributed by atoms with Crippen LogP contribution in [0.25, 0.3) is 6.08 Å². The summed E-state index contributed by atoms with van der Waals surface area (Å²) in [6, 6.07) is 16.1. The first-order chi connectivity index (χ1) is 10.5. The number of rotatable bonds is 4. The van der Waals surface area contributed by atoms with Gasteiger partial charge in [-0.2, -0.15) is 10.5 Å². The Kier molecular flexibility index (Phi) is 4.82. The normalized spacial score (nSPS) is 10.4. The highest BCUT2D eigenvalue weighted by Gasteiger charge is 2.27. The number of thiophene rings is 1. The molecule has 0 fully saturated rings. The van der Waals surface area contributed by atoms with Gasteiger partial charge in [0.1, 0.15) is 31.5 Å². The highest BCUT2D eigenvalue weighted by molar-refractivity contribution is 7.29. The molecule has 0 atom stereocenters. The molecular weight excluding hydrogens is 308 g/mol. The molecule has 0 aliphatic carbocycles. The summed E-state index contributed by atoms with van der Waals surface area (Å²) in [7, 11) is -0.110. The molecule has 1 heterocycles. The second-order valence-corrected chi connectivity index (χ2v) is 11.2. The summed E-state index contributed by atoms with van der Waals surface area (Å²) in [4.78, 5) is 0.946. The van der Waals surface area contributed by atoms with E-state index in [0.717, 1.165) is 10.6 Å². The molecule has 5 heteroatoms. The largest absolute Gasteiger partial charge is 0.497 e. The summed E-state index contributed by atoms with van der Waals surface area (Å²) in [5.41, 5.74) is 0.136. The van der Waals surface area contributed by atoms with E-state index in [4.69, 9.17) is 15.3 Å². The molecule has 2 rings (SSSR count). The van der Waals surface area contributed by atoms with Gasteiger partial charge in [0.05, 0.1) is 7.11 Å². The minimum absolute atomic E-state index is 0.136. The average Bonchev–Trinajstić information content (AvgIpc) is 3.02. The maximum Gasteiger partial charge on any atom is 0.131 e. The molecular formula is C17H16N2OSSi. The van der Waals surface area contributed by atoms with Crippen LogP contribution in [0.5, 0.6) is 5.75 Å². The number of nitrogens with zero attached hydrogens (tertiary/aromatic N) is 2. The van der Waals surface area contributed by atoms with Gasteiger partial charge in [-0.3, -0.25) is 0 Å². The van der Waals surface area contributed by atoms with Crippen molar-refractivity contribution in [1.29, 1.82) is 10.5 Å². The minimum atomic E-state index is -1.77. The van der Waals surface area contributed by atoms with Gasteiger partial charge in [-0.25, -0.2) is 0 Å². The molecule has 3 nitrogen and oxygen atoms in total. The molecule has 0 radical (unpaired) electrons. The Balaban J connectivity index is 2.34. The lowest BCUT2D eigenvalue weighted by Crippen LogP contribution is -2.51. The van der Waals surface area contributed by atoms with Gasteiger partial charge in [-0.05, 0) is 28.8 Å². The zero-order valence-electron chi connectivity index (χ0n) is 12.8. The van der Waals surface area contributed by atoms with Gasteiger partial charge in [0.25, 0.3) is 0 Å². The van der Waals surface area contributed by atoms with Gasteiger partial charge in [-0.1, -0.05) is 36.5 Å². The lowest BCUT2D eigenvalue weighted by atomic mass is 10.3. The van der Waals surface area contributed by atoms with Gasteiger partial charge in [0.15, 0.2) is 0 Å². The van der Waals surface area contributed by atoms with Crippen molar-refractivity contribution < 1.29 is 4.74 Å². The minimum Gasteiger partial charge on any atom is -0.497 e. The smallest absolute Gasteiger partial charge is 0.131 e. The Morgan fingerprint density at radius 3 is 2.27 bits per heavy atom. The first kappa shape index (κ1) is 16.0. The summed E-state index contributed by atoms with van der Waals surface area (Å²) >= 11 is 1.66. The van der Waals surface area contributed by atoms with E-state index < -0.39 is 8.07 Å². The molecule has 0 saturated carbocycles.